The predicted molar refractivity (Wildman–Crippen MR) is 92.7 cm³/mol. The van der Waals surface area contributed by atoms with E-state index < -0.39 is 0 Å². The highest BCUT2D eigenvalue weighted by Gasteiger charge is 2.17. The minimum Gasteiger partial charge on any atom is -0.298 e. The number of aromatic nitrogens is 2. The molecule has 1 amide bonds. The Hall–Kier alpha value is -1.79. The average molecular weight is 330 g/mol. The first kappa shape index (κ1) is 16.1. The summed E-state index contributed by atoms with van der Waals surface area (Å²) in [7, 11) is 0. The number of carbonyl (C=O) groups excluding carboxylic acids is 1. The zero-order chi connectivity index (χ0) is 16.2. The number of anilines is 1. The summed E-state index contributed by atoms with van der Waals surface area (Å²) in [5.74, 6) is 0.598. The number of hydrogen-bond acceptors (Lipinski definition) is 5. The van der Waals surface area contributed by atoms with Crippen molar-refractivity contribution in [3.63, 3.8) is 0 Å². The van der Waals surface area contributed by atoms with Crippen LogP contribution in [-0.2, 0) is 6.54 Å². The van der Waals surface area contributed by atoms with Crippen LogP contribution >= 0.6 is 11.3 Å². The second-order valence-electron chi connectivity index (χ2n) is 6.27. The second-order valence-corrected chi connectivity index (χ2v) is 7.13. The molecule has 0 spiro atoms. The van der Waals surface area contributed by atoms with Gasteiger partial charge in [-0.15, -0.1) is 11.3 Å². The lowest BCUT2D eigenvalue weighted by Gasteiger charge is -2.30. The molecule has 3 heterocycles. The number of thiazole rings is 1. The van der Waals surface area contributed by atoms with Crippen molar-refractivity contribution < 1.29 is 4.79 Å². The molecule has 3 rings (SSSR count). The van der Waals surface area contributed by atoms with E-state index in [-0.39, 0.29) is 5.91 Å². The Morgan fingerprint density at radius 1 is 1.48 bits per heavy atom. The number of nitrogens with zero attached hydrogens (tertiary/aromatic N) is 3. The third-order valence-electron chi connectivity index (χ3n) is 4.07. The topological polar surface area (TPSA) is 58.1 Å². The van der Waals surface area contributed by atoms with Gasteiger partial charge in [0.05, 0.1) is 11.3 Å². The molecule has 1 aliphatic heterocycles. The molecule has 0 bridgehead atoms. The first-order valence-corrected chi connectivity index (χ1v) is 8.89. The second kappa shape index (κ2) is 7.19. The van der Waals surface area contributed by atoms with Gasteiger partial charge in [-0.3, -0.25) is 20.0 Å². The number of nitrogens with one attached hydrogen (secondary N) is 1. The lowest BCUT2D eigenvalue weighted by atomic mass is 10.0. The van der Waals surface area contributed by atoms with E-state index in [4.69, 9.17) is 0 Å². The summed E-state index contributed by atoms with van der Waals surface area (Å²) in [4.78, 5) is 23.3. The molecule has 1 aliphatic rings. The van der Waals surface area contributed by atoms with Crippen molar-refractivity contribution in [3.8, 4) is 0 Å². The van der Waals surface area contributed by atoms with E-state index in [9.17, 15) is 4.79 Å². The minimum atomic E-state index is -0.162. The summed E-state index contributed by atoms with van der Waals surface area (Å²) in [5.41, 5.74) is 2.48. The molecule has 2 aromatic rings. The van der Waals surface area contributed by atoms with Crippen LogP contribution in [0.2, 0.25) is 0 Å². The van der Waals surface area contributed by atoms with E-state index in [1.807, 2.05) is 18.4 Å². The first-order valence-electron chi connectivity index (χ1n) is 8.01. The van der Waals surface area contributed by atoms with Crippen LogP contribution in [-0.4, -0.2) is 33.9 Å². The van der Waals surface area contributed by atoms with Gasteiger partial charge >= 0.3 is 0 Å². The highest BCUT2D eigenvalue weighted by Crippen LogP contribution is 2.21. The van der Waals surface area contributed by atoms with Crippen molar-refractivity contribution in [3.05, 3.63) is 40.7 Å². The molecule has 0 saturated carbocycles. The summed E-state index contributed by atoms with van der Waals surface area (Å²) in [6.45, 7) is 7.33. The van der Waals surface area contributed by atoms with Crippen molar-refractivity contribution in [2.24, 2.45) is 5.92 Å². The Morgan fingerprint density at radius 2 is 2.35 bits per heavy atom. The summed E-state index contributed by atoms with van der Waals surface area (Å²) < 4.78 is 0. The molecule has 1 saturated heterocycles. The molecule has 1 fully saturated rings. The third-order valence-corrected chi connectivity index (χ3v) is 4.88. The molecule has 6 heteroatoms. The van der Waals surface area contributed by atoms with Crippen LogP contribution in [0.3, 0.4) is 0 Å². The maximum absolute atomic E-state index is 12.2. The molecule has 0 aliphatic carbocycles. The van der Waals surface area contributed by atoms with Gasteiger partial charge in [-0.25, -0.2) is 4.98 Å². The van der Waals surface area contributed by atoms with Gasteiger partial charge in [0, 0.05) is 30.4 Å². The van der Waals surface area contributed by atoms with E-state index in [0.717, 1.165) is 36.9 Å². The number of rotatable bonds is 4. The fourth-order valence-electron chi connectivity index (χ4n) is 2.87. The Balaban J connectivity index is 1.58. The van der Waals surface area contributed by atoms with E-state index in [2.05, 4.69) is 27.1 Å². The van der Waals surface area contributed by atoms with E-state index >= 15 is 0 Å². The van der Waals surface area contributed by atoms with Crippen LogP contribution in [0.15, 0.2) is 23.7 Å². The molecule has 0 aromatic carbocycles. The number of amides is 1. The predicted octanol–water partition coefficient (Wildman–Crippen LogP) is 3.33. The quantitative estimate of drug-likeness (QED) is 0.934. The van der Waals surface area contributed by atoms with Gasteiger partial charge in [-0.2, -0.15) is 0 Å². The van der Waals surface area contributed by atoms with Crippen LogP contribution in [0.1, 0.15) is 41.5 Å². The normalized spacial score (nSPS) is 18.8. The standard InChI is InChI=1S/C17H22N4OS/c1-12-4-3-7-21(9-12)10-15-11-23-17(19-15)20-16(22)14-6-5-13(2)18-8-14/h5-6,8,11-12H,3-4,7,9-10H2,1-2H3,(H,19,20,22). The van der Waals surface area contributed by atoms with Crippen molar-refractivity contribution in [1.82, 2.24) is 14.9 Å². The van der Waals surface area contributed by atoms with Crippen molar-refractivity contribution >= 4 is 22.4 Å². The van der Waals surface area contributed by atoms with E-state index in [0.29, 0.717) is 10.7 Å². The summed E-state index contributed by atoms with van der Waals surface area (Å²) >= 11 is 1.47. The average Bonchev–Trinajstić information content (AvgIpc) is 2.95. The van der Waals surface area contributed by atoms with Crippen molar-refractivity contribution in [1.29, 1.82) is 0 Å². The molecule has 122 valence electrons. The fourth-order valence-corrected chi connectivity index (χ4v) is 3.56. The van der Waals surface area contributed by atoms with Gasteiger partial charge in [0.2, 0.25) is 0 Å². The highest BCUT2D eigenvalue weighted by molar-refractivity contribution is 7.13. The Morgan fingerprint density at radius 3 is 3.09 bits per heavy atom. The number of carbonyl (C=O) groups is 1. The molecule has 0 radical (unpaired) electrons. The fraction of sp³-hybridized carbons (Fsp3) is 0.471. The van der Waals surface area contributed by atoms with Gasteiger partial charge in [-0.1, -0.05) is 6.92 Å². The molecular weight excluding hydrogens is 308 g/mol. The monoisotopic (exact) mass is 330 g/mol. The number of piperidine rings is 1. The van der Waals surface area contributed by atoms with Crippen LogP contribution in [0, 0.1) is 12.8 Å². The molecular formula is C17H22N4OS. The van der Waals surface area contributed by atoms with Crippen LogP contribution in [0.5, 0.6) is 0 Å². The smallest absolute Gasteiger partial charge is 0.259 e. The number of likely N-dealkylation sites (tertiary alicyclic amines) is 1. The third kappa shape index (κ3) is 4.36. The Bertz CT molecular complexity index is 667. The van der Waals surface area contributed by atoms with Gasteiger partial charge in [-0.05, 0) is 44.4 Å². The van der Waals surface area contributed by atoms with Crippen molar-refractivity contribution in [2.75, 3.05) is 18.4 Å². The first-order chi connectivity index (χ1) is 11.1. The summed E-state index contributed by atoms with van der Waals surface area (Å²) in [6, 6.07) is 3.61. The van der Waals surface area contributed by atoms with E-state index in [1.165, 1.54) is 24.2 Å². The van der Waals surface area contributed by atoms with Crippen LogP contribution in [0.4, 0.5) is 5.13 Å². The molecule has 1 atom stereocenters. The van der Waals surface area contributed by atoms with E-state index in [1.54, 1.807) is 12.3 Å². The highest BCUT2D eigenvalue weighted by atomic mass is 32.1. The maximum atomic E-state index is 12.2. The minimum absolute atomic E-state index is 0.162. The molecule has 5 nitrogen and oxygen atoms in total. The Labute approximate surface area is 140 Å². The molecule has 1 unspecified atom stereocenters. The number of aryl methyl sites for hydroxylation is 1. The molecule has 1 N–H and O–H groups in total. The number of pyridine rings is 1. The zero-order valence-electron chi connectivity index (χ0n) is 13.6. The largest absolute Gasteiger partial charge is 0.298 e. The molecule has 2 aromatic heterocycles. The van der Waals surface area contributed by atoms with Gasteiger partial charge < -0.3 is 0 Å². The van der Waals surface area contributed by atoms with Crippen molar-refractivity contribution in [2.45, 2.75) is 33.2 Å². The van der Waals surface area contributed by atoms with Gasteiger partial charge in [0.15, 0.2) is 5.13 Å². The SMILES string of the molecule is Cc1ccc(C(=O)Nc2nc(CN3CCCC(C)C3)cs2)cn1. The summed E-state index contributed by atoms with van der Waals surface area (Å²) in [6.07, 6.45) is 4.17. The van der Waals surface area contributed by atoms with Gasteiger partial charge in [0.25, 0.3) is 5.91 Å². The Kier molecular flexibility index (Phi) is 5.03. The van der Waals surface area contributed by atoms with Gasteiger partial charge in [0.1, 0.15) is 0 Å². The molecule has 23 heavy (non-hydrogen) atoms. The zero-order valence-corrected chi connectivity index (χ0v) is 14.4. The lowest BCUT2D eigenvalue weighted by molar-refractivity contribution is 0.102. The number of hydrogen-bond donors (Lipinski definition) is 1. The summed E-state index contributed by atoms with van der Waals surface area (Å²) in [5, 5.41) is 5.53. The maximum Gasteiger partial charge on any atom is 0.259 e. The van der Waals surface area contributed by atoms with Crippen LogP contribution < -0.4 is 5.32 Å². The lowest BCUT2D eigenvalue weighted by Crippen LogP contribution is -2.33. The van der Waals surface area contributed by atoms with Crippen LogP contribution in [0.25, 0.3) is 0 Å².